The molecule has 0 radical (unpaired) electrons. The topological polar surface area (TPSA) is 67.8 Å². The van der Waals surface area contributed by atoms with E-state index in [0.717, 1.165) is 57.7 Å². The Balaban J connectivity index is 2.08. The molecule has 156 valence electrons. The van der Waals surface area contributed by atoms with Crippen molar-refractivity contribution in [2.45, 2.75) is 53.5 Å². The van der Waals surface area contributed by atoms with E-state index in [1.54, 1.807) is 7.11 Å². The van der Waals surface area contributed by atoms with Crippen LogP contribution in [0.1, 0.15) is 55.5 Å². The number of benzene rings is 2. The summed E-state index contributed by atoms with van der Waals surface area (Å²) in [5, 5.41) is 12.0. The second kappa shape index (κ2) is 7.97. The lowest BCUT2D eigenvalue weighted by molar-refractivity contribution is 0.175. The van der Waals surface area contributed by atoms with Crippen LogP contribution in [0.4, 0.5) is 4.79 Å². The molecule has 3 rings (SSSR count). The van der Waals surface area contributed by atoms with Gasteiger partial charge in [-0.05, 0) is 84.2 Å². The maximum Gasteiger partial charge on any atom is 0.405 e. The minimum atomic E-state index is -1.01. The highest BCUT2D eigenvalue weighted by atomic mass is 16.5. The highest BCUT2D eigenvalue weighted by Crippen LogP contribution is 2.49. The Morgan fingerprint density at radius 2 is 1.86 bits per heavy atom. The fraction of sp³-hybridized carbons (Fsp3) is 0.458. The normalized spacial score (nSPS) is 17.0. The molecule has 1 amide bonds. The van der Waals surface area contributed by atoms with Gasteiger partial charge >= 0.3 is 6.09 Å². The molecule has 5 heteroatoms. The predicted octanol–water partition coefficient (Wildman–Crippen LogP) is 5.66. The van der Waals surface area contributed by atoms with Gasteiger partial charge in [0.25, 0.3) is 0 Å². The van der Waals surface area contributed by atoms with Gasteiger partial charge in [0.15, 0.2) is 0 Å². The van der Waals surface area contributed by atoms with Gasteiger partial charge < -0.3 is 19.9 Å². The summed E-state index contributed by atoms with van der Waals surface area (Å²) in [6.07, 6.45) is 0.772. The van der Waals surface area contributed by atoms with Gasteiger partial charge in [0.05, 0.1) is 19.8 Å². The molecule has 0 saturated heterocycles. The van der Waals surface area contributed by atoms with Crippen molar-refractivity contribution in [3.8, 4) is 22.6 Å². The van der Waals surface area contributed by atoms with E-state index in [9.17, 15) is 9.90 Å². The smallest absolute Gasteiger partial charge is 0.405 e. The molecule has 29 heavy (non-hydrogen) atoms. The summed E-state index contributed by atoms with van der Waals surface area (Å²) in [7, 11) is 1.66. The van der Waals surface area contributed by atoms with Crippen LogP contribution in [0.5, 0.6) is 11.5 Å². The number of hydrogen-bond donors (Lipinski definition) is 2. The van der Waals surface area contributed by atoms with Crippen molar-refractivity contribution < 1.29 is 19.4 Å². The quantitative estimate of drug-likeness (QED) is 0.660. The monoisotopic (exact) mass is 397 g/mol. The van der Waals surface area contributed by atoms with Crippen LogP contribution < -0.4 is 14.8 Å². The molecule has 1 aliphatic rings. The number of rotatable bonds is 6. The zero-order valence-corrected chi connectivity index (χ0v) is 18.2. The molecule has 1 atom stereocenters. The molecule has 0 aliphatic heterocycles. The molecule has 0 saturated carbocycles. The molecular weight excluding hydrogens is 366 g/mol. The fourth-order valence-electron chi connectivity index (χ4n) is 4.40. The molecule has 0 heterocycles. The number of nitrogens with one attached hydrogen (secondary N) is 1. The summed E-state index contributed by atoms with van der Waals surface area (Å²) in [5.74, 6) is 1.70. The second-order valence-corrected chi connectivity index (χ2v) is 8.59. The average Bonchev–Trinajstić information content (AvgIpc) is 2.88. The average molecular weight is 398 g/mol. The van der Waals surface area contributed by atoms with E-state index in [1.807, 2.05) is 6.07 Å². The predicted molar refractivity (Wildman–Crippen MR) is 115 cm³/mol. The second-order valence-electron chi connectivity index (χ2n) is 8.59. The van der Waals surface area contributed by atoms with E-state index < -0.39 is 6.09 Å². The Hall–Kier alpha value is -2.69. The van der Waals surface area contributed by atoms with Gasteiger partial charge in [0, 0.05) is 5.56 Å². The van der Waals surface area contributed by atoms with Crippen molar-refractivity contribution in [2.75, 3.05) is 13.7 Å². The van der Waals surface area contributed by atoms with Gasteiger partial charge in [-0.15, -0.1) is 0 Å². The SMILES string of the molecule is CCCOc1c(C)cc(-c2cc3c(cc2OC)C(NC(=O)O)C(C)(C)C3)cc1C. The number of methoxy groups -OCH3 is 1. The van der Waals surface area contributed by atoms with Crippen molar-refractivity contribution in [3.05, 3.63) is 46.5 Å². The highest BCUT2D eigenvalue weighted by molar-refractivity contribution is 5.75. The molecule has 2 aromatic rings. The third-order valence-corrected chi connectivity index (χ3v) is 5.69. The highest BCUT2D eigenvalue weighted by Gasteiger charge is 2.40. The Labute approximate surface area is 173 Å². The summed E-state index contributed by atoms with van der Waals surface area (Å²) in [6.45, 7) is 11.1. The van der Waals surface area contributed by atoms with Gasteiger partial charge in [-0.2, -0.15) is 0 Å². The summed E-state index contributed by atoms with van der Waals surface area (Å²) in [4.78, 5) is 11.3. The van der Waals surface area contributed by atoms with Crippen LogP contribution in [0.2, 0.25) is 0 Å². The maximum absolute atomic E-state index is 11.3. The first-order valence-electron chi connectivity index (χ1n) is 10.1. The number of amides is 1. The molecule has 5 nitrogen and oxygen atoms in total. The van der Waals surface area contributed by atoms with E-state index in [2.05, 4.69) is 58.1 Å². The molecule has 2 N–H and O–H groups in total. The van der Waals surface area contributed by atoms with Crippen LogP contribution in [0.3, 0.4) is 0 Å². The van der Waals surface area contributed by atoms with E-state index in [0.29, 0.717) is 6.61 Å². The lowest BCUT2D eigenvalue weighted by atomic mass is 9.85. The van der Waals surface area contributed by atoms with E-state index in [1.165, 1.54) is 0 Å². The van der Waals surface area contributed by atoms with E-state index in [4.69, 9.17) is 9.47 Å². The maximum atomic E-state index is 11.3. The minimum Gasteiger partial charge on any atom is -0.496 e. The number of carbonyl (C=O) groups is 1. The van der Waals surface area contributed by atoms with Crippen molar-refractivity contribution in [1.29, 1.82) is 0 Å². The minimum absolute atomic E-state index is 0.200. The van der Waals surface area contributed by atoms with Crippen LogP contribution in [-0.2, 0) is 6.42 Å². The van der Waals surface area contributed by atoms with Crippen LogP contribution in [-0.4, -0.2) is 24.9 Å². The van der Waals surface area contributed by atoms with Gasteiger partial charge in [-0.1, -0.05) is 20.8 Å². The Morgan fingerprint density at radius 1 is 1.21 bits per heavy atom. The first kappa shape index (κ1) is 21.0. The Morgan fingerprint density at radius 3 is 2.41 bits per heavy atom. The van der Waals surface area contributed by atoms with Crippen LogP contribution in [0, 0.1) is 19.3 Å². The lowest BCUT2D eigenvalue weighted by Gasteiger charge is -2.27. The fourth-order valence-corrected chi connectivity index (χ4v) is 4.40. The molecule has 0 aromatic heterocycles. The zero-order chi connectivity index (χ0) is 21.3. The third-order valence-electron chi connectivity index (χ3n) is 5.69. The van der Waals surface area contributed by atoms with Crippen molar-refractivity contribution in [1.82, 2.24) is 5.32 Å². The van der Waals surface area contributed by atoms with E-state index >= 15 is 0 Å². The number of hydrogen-bond acceptors (Lipinski definition) is 3. The molecule has 1 aliphatic carbocycles. The molecule has 0 bridgehead atoms. The molecule has 0 fully saturated rings. The van der Waals surface area contributed by atoms with Gasteiger partial charge in [-0.3, -0.25) is 0 Å². The molecular formula is C24H31NO4. The number of carboxylic acid groups (broad SMARTS) is 1. The summed E-state index contributed by atoms with van der Waals surface area (Å²) >= 11 is 0. The summed E-state index contributed by atoms with van der Waals surface area (Å²) < 4.78 is 11.6. The Kier molecular flexibility index (Phi) is 5.78. The number of aryl methyl sites for hydroxylation is 2. The Bertz CT molecular complexity index is 910. The molecule has 0 spiro atoms. The number of ether oxygens (including phenoxy) is 2. The van der Waals surface area contributed by atoms with Crippen molar-refractivity contribution in [3.63, 3.8) is 0 Å². The first-order chi connectivity index (χ1) is 13.7. The summed E-state index contributed by atoms with van der Waals surface area (Å²) in [6, 6.07) is 8.16. The largest absolute Gasteiger partial charge is 0.496 e. The van der Waals surface area contributed by atoms with Crippen LogP contribution in [0.15, 0.2) is 24.3 Å². The van der Waals surface area contributed by atoms with Gasteiger partial charge in [-0.25, -0.2) is 4.79 Å². The van der Waals surface area contributed by atoms with Crippen LogP contribution >= 0.6 is 0 Å². The first-order valence-corrected chi connectivity index (χ1v) is 10.1. The van der Waals surface area contributed by atoms with Crippen LogP contribution in [0.25, 0.3) is 11.1 Å². The molecule has 2 aromatic carbocycles. The third kappa shape index (κ3) is 4.04. The summed E-state index contributed by atoms with van der Waals surface area (Å²) in [5.41, 5.74) is 6.25. The van der Waals surface area contributed by atoms with E-state index in [-0.39, 0.29) is 11.5 Å². The van der Waals surface area contributed by atoms with Gasteiger partial charge in [0.2, 0.25) is 0 Å². The van der Waals surface area contributed by atoms with Crippen molar-refractivity contribution >= 4 is 6.09 Å². The zero-order valence-electron chi connectivity index (χ0n) is 18.2. The molecule has 1 unspecified atom stereocenters. The van der Waals surface area contributed by atoms with Gasteiger partial charge in [0.1, 0.15) is 11.5 Å². The standard InChI is InChI=1S/C24H31NO4/c1-7-8-29-21-14(2)9-16(10-15(21)3)18-11-17-13-24(4,5)22(25-23(26)27)19(17)12-20(18)28-6/h9-12,22,25H,7-8,13H2,1-6H3,(H,26,27). The van der Waals surface area contributed by atoms with Crippen molar-refractivity contribution in [2.24, 2.45) is 5.41 Å². The lowest BCUT2D eigenvalue weighted by Crippen LogP contribution is -2.34. The number of fused-ring (bicyclic) bond motifs is 1.